The van der Waals surface area contributed by atoms with Crippen LogP contribution in [0.1, 0.15) is 13.3 Å². The van der Waals surface area contributed by atoms with Crippen LogP contribution in [0.2, 0.25) is 0 Å². The lowest BCUT2D eigenvalue weighted by Crippen LogP contribution is -2.41. The van der Waals surface area contributed by atoms with Crippen molar-refractivity contribution in [1.82, 2.24) is 19.5 Å². The monoisotopic (exact) mass is 461 g/mol. The number of nitrogens with two attached hydrogens (primary N) is 1. The second kappa shape index (κ2) is 9.14. The Labute approximate surface area is 197 Å². The molecule has 1 aromatic carbocycles. The van der Waals surface area contributed by atoms with Gasteiger partial charge < -0.3 is 25.4 Å². The summed E-state index contributed by atoms with van der Waals surface area (Å²) < 4.78 is 13.1. The highest BCUT2D eigenvalue weighted by atomic mass is 16.5. The third kappa shape index (κ3) is 4.19. The summed E-state index contributed by atoms with van der Waals surface area (Å²) in [5.74, 6) is 0.464. The summed E-state index contributed by atoms with van der Waals surface area (Å²) in [4.78, 5) is 24.1. The molecule has 176 valence electrons. The number of allylic oxidation sites excluding steroid dienone is 1. The first-order valence-electron chi connectivity index (χ1n) is 11.2. The second-order valence-electron chi connectivity index (χ2n) is 8.36. The minimum absolute atomic E-state index is 0.0188. The Balaban J connectivity index is 1.59. The standard InChI is InChI=1S/C24H27N7O3/c1-15(3-5-25)28-18-10-16-9-17(11-18)26-6-8-30-19(12-21(33-2)24(30)32)14-34-22-4-7-31-23(29-22)20(16)13-27-31/h3-5,7,9-11,13,19,21,26H,6,8,12,14,25H2,1-2H3/b5-3-,28-15?/t19-,21+/m0/s1. The quantitative estimate of drug-likeness (QED) is 0.575. The number of nitrogens with zero attached hydrogens (tertiary/aromatic N) is 5. The number of aliphatic imine (C=N–C) groups is 1. The smallest absolute Gasteiger partial charge is 0.252 e. The maximum atomic E-state index is 12.8. The minimum Gasteiger partial charge on any atom is -0.475 e. The predicted octanol–water partition coefficient (Wildman–Crippen LogP) is 2.38. The molecule has 2 aliphatic heterocycles. The molecule has 5 rings (SSSR count). The Morgan fingerprint density at radius 2 is 2.26 bits per heavy atom. The number of methoxy groups -OCH3 is 1. The molecule has 1 saturated heterocycles. The first-order valence-corrected chi connectivity index (χ1v) is 11.2. The highest BCUT2D eigenvalue weighted by Gasteiger charge is 2.39. The molecule has 0 spiro atoms. The SMILES string of the molecule is CO[C@@H]1C[C@H]2COc3ccn4ncc(c4n3)-c3cc(N=C(C)/C=C\N)cc(c3)NCCN2C1=O. The zero-order valence-corrected chi connectivity index (χ0v) is 19.1. The van der Waals surface area contributed by atoms with Gasteiger partial charge in [-0.3, -0.25) is 9.79 Å². The fraction of sp³-hybridized carbons (Fsp3) is 0.333. The molecule has 0 unspecified atom stereocenters. The summed E-state index contributed by atoms with van der Waals surface area (Å²) in [5, 5.41) is 7.90. The minimum atomic E-state index is -0.455. The number of fused-ring (bicyclic) bond motifs is 5. The van der Waals surface area contributed by atoms with E-state index in [0.717, 1.165) is 28.2 Å². The van der Waals surface area contributed by atoms with Crippen molar-refractivity contribution in [3.63, 3.8) is 0 Å². The van der Waals surface area contributed by atoms with Crippen LogP contribution in [0, 0.1) is 0 Å². The first kappa shape index (κ1) is 21.9. The highest BCUT2D eigenvalue weighted by Crippen LogP contribution is 2.32. The van der Waals surface area contributed by atoms with E-state index >= 15 is 0 Å². The van der Waals surface area contributed by atoms with E-state index in [0.29, 0.717) is 37.6 Å². The van der Waals surface area contributed by atoms with E-state index in [-0.39, 0.29) is 11.9 Å². The Morgan fingerprint density at radius 3 is 3.09 bits per heavy atom. The molecule has 4 bridgehead atoms. The Kier molecular flexibility index (Phi) is 5.89. The van der Waals surface area contributed by atoms with E-state index in [1.54, 1.807) is 30.0 Å². The lowest BCUT2D eigenvalue weighted by molar-refractivity contribution is -0.136. The average molecular weight is 462 g/mol. The molecular formula is C24H27N7O3. The van der Waals surface area contributed by atoms with Crippen LogP contribution in [0.5, 0.6) is 5.88 Å². The number of ether oxygens (including phenoxy) is 2. The van der Waals surface area contributed by atoms with Crippen LogP contribution in [-0.2, 0) is 9.53 Å². The molecule has 10 heteroatoms. The van der Waals surface area contributed by atoms with E-state index in [1.807, 2.05) is 36.2 Å². The number of hydrogen-bond acceptors (Lipinski definition) is 8. The van der Waals surface area contributed by atoms with E-state index in [4.69, 9.17) is 20.2 Å². The van der Waals surface area contributed by atoms with E-state index in [1.165, 1.54) is 6.20 Å². The molecule has 4 heterocycles. The summed E-state index contributed by atoms with van der Waals surface area (Å²) in [6.07, 6.45) is 6.95. The predicted molar refractivity (Wildman–Crippen MR) is 129 cm³/mol. The van der Waals surface area contributed by atoms with Crippen molar-refractivity contribution in [2.75, 3.05) is 32.1 Å². The van der Waals surface area contributed by atoms with Gasteiger partial charge in [0.05, 0.1) is 17.9 Å². The van der Waals surface area contributed by atoms with E-state index < -0.39 is 6.10 Å². The lowest BCUT2D eigenvalue weighted by atomic mass is 10.1. The van der Waals surface area contributed by atoms with Crippen LogP contribution >= 0.6 is 0 Å². The van der Waals surface area contributed by atoms with Gasteiger partial charge in [-0.05, 0) is 43.0 Å². The molecule has 0 radical (unpaired) electrons. The first-order chi connectivity index (χ1) is 16.6. The number of carbonyl (C=O) groups is 1. The Morgan fingerprint density at radius 1 is 1.38 bits per heavy atom. The number of benzene rings is 1. The maximum Gasteiger partial charge on any atom is 0.252 e. The van der Waals surface area contributed by atoms with Crippen molar-refractivity contribution in [2.24, 2.45) is 10.7 Å². The molecular weight excluding hydrogens is 434 g/mol. The fourth-order valence-corrected chi connectivity index (χ4v) is 4.44. The lowest BCUT2D eigenvalue weighted by Gasteiger charge is -2.25. The van der Waals surface area contributed by atoms with Gasteiger partial charge in [-0.25, -0.2) is 4.52 Å². The number of amides is 1. The second-order valence-corrected chi connectivity index (χ2v) is 8.36. The normalized spacial score (nSPS) is 20.9. The topological polar surface area (TPSA) is 119 Å². The Hall–Kier alpha value is -3.92. The van der Waals surface area contributed by atoms with Crippen LogP contribution in [0.25, 0.3) is 16.8 Å². The molecule has 0 aliphatic carbocycles. The van der Waals surface area contributed by atoms with Crippen molar-refractivity contribution in [1.29, 1.82) is 0 Å². The van der Waals surface area contributed by atoms with Gasteiger partial charge in [0, 0.05) is 55.8 Å². The molecule has 34 heavy (non-hydrogen) atoms. The van der Waals surface area contributed by atoms with Gasteiger partial charge in [0.2, 0.25) is 5.88 Å². The van der Waals surface area contributed by atoms with Crippen molar-refractivity contribution >= 4 is 28.6 Å². The van der Waals surface area contributed by atoms with Gasteiger partial charge in [-0.1, -0.05) is 0 Å². The highest BCUT2D eigenvalue weighted by molar-refractivity contribution is 5.95. The summed E-state index contributed by atoms with van der Waals surface area (Å²) in [6.45, 7) is 3.33. The molecule has 1 fully saturated rings. The average Bonchev–Trinajstić information content (AvgIpc) is 3.38. The molecule has 1 amide bonds. The van der Waals surface area contributed by atoms with Crippen molar-refractivity contribution in [2.45, 2.75) is 25.5 Å². The number of nitrogens with one attached hydrogen (secondary N) is 1. The van der Waals surface area contributed by atoms with Crippen molar-refractivity contribution in [3.05, 3.63) is 48.9 Å². The molecule has 2 atom stereocenters. The number of anilines is 1. The summed E-state index contributed by atoms with van der Waals surface area (Å²) in [7, 11) is 1.57. The van der Waals surface area contributed by atoms with Gasteiger partial charge >= 0.3 is 0 Å². The zero-order valence-electron chi connectivity index (χ0n) is 19.1. The molecule has 3 aromatic rings. The molecule has 3 N–H and O–H groups in total. The van der Waals surface area contributed by atoms with Gasteiger partial charge in [0.1, 0.15) is 12.7 Å². The van der Waals surface area contributed by atoms with Gasteiger partial charge in [-0.15, -0.1) is 0 Å². The maximum absolute atomic E-state index is 12.8. The third-order valence-electron chi connectivity index (χ3n) is 6.09. The summed E-state index contributed by atoms with van der Waals surface area (Å²) in [5.41, 5.74) is 10.4. The van der Waals surface area contributed by atoms with Crippen LogP contribution in [-0.4, -0.2) is 70.1 Å². The summed E-state index contributed by atoms with van der Waals surface area (Å²) >= 11 is 0. The number of aromatic nitrogens is 3. The van der Waals surface area contributed by atoms with Crippen LogP contribution in [0.3, 0.4) is 0 Å². The summed E-state index contributed by atoms with van der Waals surface area (Å²) in [6, 6.07) is 7.67. The van der Waals surface area contributed by atoms with Crippen LogP contribution in [0.4, 0.5) is 11.4 Å². The number of rotatable bonds is 3. The van der Waals surface area contributed by atoms with Crippen molar-refractivity contribution in [3.8, 4) is 17.0 Å². The van der Waals surface area contributed by atoms with Crippen LogP contribution in [0.15, 0.2) is 53.9 Å². The number of carbonyl (C=O) groups excluding carboxylic acids is 1. The Bertz CT molecular complexity index is 1280. The molecule has 10 nitrogen and oxygen atoms in total. The van der Waals surface area contributed by atoms with E-state index in [9.17, 15) is 4.79 Å². The fourth-order valence-electron chi connectivity index (χ4n) is 4.44. The van der Waals surface area contributed by atoms with Crippen LogP contribution < -0.4 is 15.8 Å². The van der Waals surface area contributed by atoms with Crippen molar-refractivity contribution < 1.29 is 14.3 Å². The third-order valence-corrected chi connectivity index (χ3v) is 6.09. The number of hydrogen-bond donors (Lipinski definition) is 2. The molecule has 0 saturated carbocycles. The molecule has 2 aliphatic rings. The van der Waals surface area contributed by atoms with Gasteiger partial charge in [0.15, 0.2) is 5.65 Å². The van der Waals surface area contributed by atoms with E-state index in [2.05, 4.69) is 15.4 Å². The largest absolute Gasteiger partial charge is 0.475 e. The van der Waals surface area contributed by atoms with Gasteiger partial charge in [-0.2, -0.15) is 10.1 Å². The van der Waals surface area contributed by atoms with Gasteiger partial charge in [0.25, 0.3) is 5.91 Å². The molecule has 2 aromatic heterocycles. The zero-order chi connectivity index (χ0) is 23.7.